The lowest BCUT2D eigenvalue weighted by molar-refractivity contribution is -0.161. The third-order valence-electron chi connectivity index (χ3n) is 16.0. The van der Waals surface area contributed by atoms with E-state index in [1.54, 1.807) is 0 Å². The van der Waals surface area contributed by atoms with E-state index in [1.165, 1.54) is 0 Å². The monoisotopic (exact) mass is 1570 g/mol. The van der Waals surface area contributed by atoms with E-state index in [9.17, 15) is 43.2 Å². The first-order valence-corrected chi connectivity index (χ1v) is 44.0. The second kappa shape index (κ2) is 80.4. The Hall–Kier alpha value is -6.62. The number of aliphatic hydroxyl groups is 1. The van der Waals surface area contributed by atoms with E-state index in [1.807, 2.05) is 36.5 Å². The van der Waals surface area contributed by atoms with Crippen molar-refractivity contribution >= 4 is 39.5 Å². The summed E-state index contributed by atoms with van der Waals surface area (Å²) in [7, 11) is -10.0. The Morgan fingerprint density at radius 1 is 0.255 bits per heavy atom. The molecule has 0 amide bonds. The van der Waals surface area contributed by atoms with Crippen LogP contribution in [0.3, 0.4) is 0 Å². The summed E-state index contributed by atoms with van der Waals surface area (Å²) in [6, 6.07) is 0. The zero-order chi connectivity index (χ0) is 80.3. The molecule has 0 fully saturated rings. The highest BCUT2D eigenvalue weighted by Crippen LogP contribution is 2.45. The van der Waals surface area contributed by atoms with Crippen LogP contribution in [-0.4, -0.2) is 96.7 Å². The minimum absolute atomic E-state index is 0.0217. The fourth-order valence-electron chi connectivity index (χ4n) is 9.89. The van der Waals surface area contributed by atoms with E-state index >= 15 is 0 Å². The van der Waals surface area contributed by atoms with Gasteiger partial charge in [-0.05, 0) is 167 Å². The van der Waals surface area contributed by atoms with Crippen LogP contribution in [0, 0.1) is 0 Å². The molecule has 0 saturated heterocycles. The molecule has 3 N–H and O–H groups in total. The molecule has 0 radical (unpaired) electrons. The van der Waals surface area contributed by atoms with Crippen LogP contribution in [0.25, 0.3) is 0 Å². The Bertz CT molecular complexity index is 2950. The van der Waals surface area contributed by atoms with Gasteiger partial charge in [0.15, 0.2) is 12.2 Å². The molecule has 0 aliphatic carbocycles. The number of unbranched alkanes of at least 4 members (excludes halogenated alkanes) is 12. The van der Waals surface area contributed by atoms with Gasteiger partial charge in [-0.15, -0.1) is 0 Å². The van der Waals surface area contributed by atoms with E-state index < -0.39 is 97.5 Å². The van der Waals surface area contributed by atoms with Crippen LogP contribution in [0.1, 0.15) is 272 Å². The number of aliphatic hydroxyl groups excluding tert-OH is 1. The number of rotatable bonds is 74. The van der Waals surface area contributed by atoms with Crippen molar-refractivity contribution < 1.29 is 80.2 Å². The van der Waals surface area contributed by atoms with Gasteiger partial charge in [0, 0.05) is 25.7 Å². The van der Waals surface area contributed by atoms with Gasteiger partial charge < -0.3 is 33.8 Å². The first kappa shape index (κ1) is 103. The summed E-state index contributed by atoms with van der Waals surface area (Å²) < 4.78 is 68.5. The lowest BCUT2D eigenvalue weighted by Gasteiger charge is -2.21. The SMILES string of the molecule is CC/C=C\C/C=C\C/C=C\C/C=C\C/C=C\C/C=C\CCC(=O)OCC(COP(=O)(O)OCC(O)COP(=O)(O)OCC(COC(=O)CC/C=C\C/C=C\C/C=C\C/C=C\C/C=C\C/C=C\CC)OC(=O)CCCCCCCCC/C=C\C/C=C\C/C=C\CC)OC(=O)CCCCCCC/C=C\C/C=C\C/C=C\CC. The average molecular weight is 1570 g/mol. The molecular weight excluding hydrogens is 1430 g/mol. The Balaban J connectivity index is 5.55. The lowest BCUT2D eigenvalue weighted by atomic mass is 10.1. The van der Waals surface area contributed by atoms with E-state index in [0.717, 1.165) is 180 Å². The van der Waals surface area contributed by atoms with Gasteiger partial charge >= 0.3 is 39.5 Å². The first-order valence-electron chi connectivity index (χ1n) is 41.0. The number of hydrogen-bond acceptors (Lipinski definition) is 15. The molecule has 0 heterocycles. The molecule has 0 aliphatic heterocycles. The molecule has 0 saturated carbocycles. The van der Waals surface area contributed by atoms with Crippen molar-refractivity contribution in [1.82, 2.24) is 0 Å². The molecule has 17 nitrogen and oxygen atoms in total. The fraction of sp³-hybridized carbons (Fsp3) is 0.560. The van der Waals surface area contributed by atoms with Gasteiger partial charge in [-0.25, -0.2) is 9.13 Å². The standard InChI is InChI=1S/C91H142O17P2/c1-5-9-13-17-21-25-29-33-37-40-42-45-48-51-55-59-63-67-71-75-88(93)101-81-86(107-90(95)77-73-69-65-61-57-53-47-36-32-28-24-20-16-12-8-4)83-105-109(97,98)103-79-85(92)80-104-110(99,100)106-84-87(108-91(96)78-74-70-66-62-58-54-50-44-39-35-31-27-23-19-15-11-7-3)82-102-89(94)76-72-68-64-60-56-52-49-46-43-41-38-34-30-26-22-18-14-10-6-2/h9-16,21-28,33-39,42-43,45-47,51-52,55-56,63-64,67-68,85-87,92H,5-8,17-20,29-32,40-41,44,48-50,53-54,57-62,65-66,69-84H2,1-4H3,(H,97,98)(H,99,100)/b13-9-,14-10-,15-11-,16-12-,25-21-,26-22-,27-23-,28-24-,37-33-,38-34-,39-35-,45-42-,46-43-,47-36-,55-51-,56-52-,67-63-,68-64-. The maximum absolute atomic E-state index is 13.1. The molecule has 618 valence electrons. The average Bonchev–Trinajstić information content (AvgIpc) is 0.899. The van der Waals surface area contributed by atoms with Crippen molar-refractivity contribution in [3.05, 3.63) is 219 Å². The minimum atomic E-state index is -5.02. The highest BCUT2D eigenvalue weighted by atomic mass is 31.2. The molecule has 19 heteroatoms. The smallest absolute Gasteiger partial charge is 0.462 e. The molecule has 110 heavy (non-hydrogen) atoms. The predicted molar refractivity (Wildman–Crippen MR) is 454 cm³/mol. The number of phosphoric ester groups is 2. The van der Waals surface area contributed by atoms with Crippen molar-refractivity contribution in [2.45, 2.75) is 290 Å². The number of ether oxygens (including phenoxy) is 4. The highest BCUT2D eigenvalue weighted by Gasteiger charge is 2.30. The number of carbonyl (C=O) groups excluding carboxylic acids is 4. The van der Waals surface area contributed by atoms with Crippen LogP contribution < -0.4 is 0 Å². The molecule has 5 unspecified atom stereocenters. The molecule has 0 aromatic heterocycles. The quantitative estimate of drug-likeness (QED) is 0.0169. The van der Waals surface area contributed by atoms with Crippen LogP contribution >= 0.6 is 15.6 Å². The van der Waals surface area contributed by atoms with Gasteiger partial charge in [-0.3, -0.25) is 37.3 Å². The largest absolute Gasteiger partial charge is 0.472 e. The number of hydrogen-bond donors (Lipinski definition) is 3. The van der Waals surface area contributed by atoms with Crippen LogP contribution in [0.4, 0.5) is 0 Å². The zero-order valence-electron chi connectivity index (χ0n) is 67.6. The summed E-state index contributed by atoms with van der Waals surface area (Å²) in [6.45, 7) is 4.19. The first-order chi connectivity index (χ1) is 53.7. The van der Waals surface area contributed by atoms with Crippen LogP contribution in [0.15, 0.2) is 219 Å². The molecule has 0 spiro atoms. The van der Waals surface area contributed by atoms with Crippen molar-refractivity contribution in [2.24, 2.45) is 0 Å². The van der Waals surface area contributed by atoms with Crippen LogP contribution in [0.5, 0.6) is 0 Å². The summed E-state index contributed by atoms with van der Waals surface area (Å²) in [5.74, 6) is -2.43. The summed E-state index contributed by atoms with van der Waals surface area (Å²) in [5.41, 5.74) is 0. The molecule has 0 bridgehead atoms. The Kier molecular flexibility index (Phi) is 75.6. The molecule has 5 atom stereocenters. The van der Waals surface area contributed by atoms with Gasteiger partial charge in [0.1, 0.15) is 19.3 Å². The summed E-state index contributed by atoms with van der Waals surface area (Å²) in [4.78, 5) is 73.1. The molecule has 0 rings (SSSR count). The molecule has 0 aromatic carbocycles. The van der Waals surface area contributed by atoms with Gasteiger partial charge in [0.25, 0.3) is 0 Å². The van der Waals surface area contributed by atoms with Crippen molar-refractivity contribution in [3.63, 3.8) is 0 Å². The topological polar surface area (TPSA) is 237 Å². The number of phosphoric acid groups is 2. The summed E-state index contributed by atoms with van der Waals surface area (Å²) >= 11 is 0. The lowest BCUT2D eigenvalue weighted by Crippen LogP contribution is -2.30. The van der Waals surface area contributed by atoms with Gasteiger partial charge in [0.05, 0.1) is 26.4 Å². The van der Waals surface area contributed by atoms with Gasteiger partial charge in [0.2, 0.25) is 0 Å². The van der Waals surface area contributed by atoms with Crippen LogP contribution in [-0.2, 0) is 65.4 Å². The summed E-state index contributed by atoms with van der Waals surface area (Å²) in [5, 5.41) is 10.7. The van der Waals surface area contributed by atoms with E-state index in [0.29, 0.717) is 38.5 Å². The van der Waals surface area contributed by atoms with Gasteiger partial charge in [-0.1, -0.05) is 298 Å². The number of carbonyl (C=O) groups is 4. The number of allylic oxidation sites excluding steroid dienone is 36. The van der Waals surface area contributed by atoms with Crippen molar-refractivity contribution in [2.75, 3.05) is 39.6 Å². The van der Waals surface area contributed by atoms with Crippen molar-refractivity contribution in [3.8, 4) is 0 Å². The summed E-state index contributed by atoms with van der Waals surface area (Å²) in [6.07, 6.45) is 102. The van der Waals surface area contributed by atoms with Gasteiger partial charge in [-0.2, -0.15) is 0 Å². The third kappa shape index (κ3) is 79.5. The normalized spacial score (nSPS) is 14.9. The maximum atomic E-state index is 13.1. The Labute approximate surface area is 664 Å². The molecule has 0 aromatic rings. The van der Waals surface area contributed by atoms with Crippen molar-refractivity contribution in [1.29, 1.82) is 0 Å². The molecular formula is C91H142O17P2. The fourth-order valence-corrected chi connectivity index (χ4v) is 11.5. The zero-order valence-corrected chi connectivity index (χ0v) is 69.4. The second-order valence-electron chi connectivity index (χ2n) is 26.2. The molecule has 0 aliphatic rings. The predicted octanol–water partition coefficient (Wildman–Crippen LogP) is 24.4. The minimum Gasteiger partial charge on any atom is -0.462 e. The Morgan fingerprint density at radius 3 is 0.718 bits per heavy atom. The third-order valence-corrected chi connectivity index (χ3v) is 17.9. The van der Waals surface area contributed by atoms with E-state index in [-0.39, 0.29) is 25.7 Å². The number of esters is 4. The van der Waals surface area contributed by atoms with E-state index in [4.69, 9.17) is 37.0 Å². The second-order valence-corrected chi connectivity index (χ2v) is 29.1. The highest BCUT2D eigenvalue weighted by molar-refractivity contribution is 7.47. The van der Waals surface area contributed by atoms with E-state index in [2.05, 4.69) is 210 Å². The van der Waals surface area contributed by atoms with Crippen LogP contribution in [0.2, 0.25) is 0 Å². The Morgan fingerprint density at radius 2 is 0.464 bits per heavy atom. The maximum Gasteiger partial charge on any atom is 0.472 e.